The summed E-state index contributed by atoms with van der Waals surface area (Å²) in [5.41, 5.74) is 2.64. The second-order valence-corrected chi connectivity index (χ2v) is 5.54. The number of hydrogen-bond acceptors (Lipinski definition) is 3. The Hall–Kier alpha value is -2.07. The van der Waals surface area contributed by atoms with E-state index in [-0.39, 0.29) is 0 Å². The lowest BCUT2D eigenvalue weighted by Crippen LogP contribution is -2.28. The molecule has 4 heteroatoms. The van der Waals surface area contributed by atoms with Gasteiger partial charge in [-0.05, 0) is 24.6 Å². The summed E-state index contributed by atoms with van der Waals surface area (Å²) in [6.45, 7) is 17.4. The molecule has 0 spiro atoms. The van der Waals surface area contributed by atoms with Crippen molar-refractivity contribution in [2.75, 3.05) is 13.2 Å². The maximum atomic E-state index is 5.30. The zero-order chi connectivity index (χ0) is 19.6. The zero-order valence-corrected chi connectivity index (χ0v) is 17.3. The van der Waals surface area contributed by atoms with Gasteiger partial charge in [0.2, 0.25) is 0 Å². The van der Waals surface area contributed by atoms with Gasteiger partial charge in [-0.3, -0.25) is 4.68 Å². The van der Waals surface area contributed by atoms with Gasteiger partial charge in [0, 0.05) is 25.7 Å². The third-order valence-corrected chi connectivity index (χ3v) is 3.21. The Morgan fingerprint density at radius 2 is 1.88 bits per heavy atom. The molecule has 2 aromatic rings. The number of ether oxygens (including phenoxy) is 1. The highest BCUT2D eigenvalue weighted by Gasteiger charge is 2.08. The van der Waals surface area contributed by atoms with E-state index in [4.69, 9.17) is 4.74 Å². The molecule has 146 valence electrons. The fourth-order valence-corrected chi connectivity index (χ4v) is 2.24. The quantitative estimate of drug-likeness (QED) is 0.654. The average Bonchev–Trinajstić information content (AvgIpc) is 3.34. The van der Waals surface area contributed by atoms with Gasteiger partial charge in [0.15, 0.2) is 0 Å². The van der Waals surface area contributed by atoms with Crippen molar-refractivity contribution in [1.82, 2.24) is 15.1 Å². The van der Waals surface area contributed by atoms with Crippen LogP contribution in [0.4, 0.5) is 0 Å². The molecule has 4 nitrogen and oxygen atoms in total. The van der Waals surface area contributed by atoms with Crippen LogP contribution in [0, 0.1) is 0 Å². The van der Waals surface area contributed by atoms with E-state index in [1.165, 1.54) is 17.7 Å². The molecule has 0 bridgehead atoms. The van der Waals surface area contributed by atoms with Gasteiger partial charge in [-0.15, -0.1) is 6.58 Å². The van der Waals surface area contributed by atoms with Gasteiger partial charge in [0.05, 0.1) is 18.8 Å². The summed E-state index contributed by atoms with van der Waals surface area (Å²) in [4.78, 5) is 0. The number of nitrogens with one attached hydrogen (secondary N) is 1. The Morgan fingerprint density at radius 1 is 1.23 bits per heavy atom. The van der Waals surface area contributed by atoms with E-state index in [2.05, 4.69) is 36.9 Å². The molecule has 26 heavy (non-hydrogen) atoms. The molecule has 0 fully saturated rings. The molecule has 0 saturated carbocycles. The average molecular weight is 360 g/mol. The van der Waals surface area contributed by atoms with E-state index >= 15 is 0 Å². The van der Waals surface area contributed by atoms with Crippen LogP contribution in [0.1, 0.15) is 52.3 Å². The van der Waals surface area contributed by atoms with Crippen LogP contribution in [0.15, 0.2) is 49.2 Å². The van der Waals surface area contributed by atoms with Crippen LogP contribution in [0.2, 0.25) is 0 Å². The molecule has 0 amide bonds. The van der Waals surface area contributed by atoms with Gasteiger partial charge in [0.1, 0.15) is 5.75 Å². The molecule has 0 saturated heterocycles. The van der Waals surface area contributed by atoms with Crippen LogP contribution in [-0.2, 0) is 19.5 Å². The Balaban J connectivity index is 0.000000348. The summed E-state index contributed by atoms with van der Waals surface area (Å²) in [6, 6.07) is 10.2. The van der Waals surface area contributed by atoms with Crippen LogP contribution in [0.25, 0.3) is 0 Å². The van der Waals surface area contributed by atoms with E-state index in [9.17, 15) is 0 Å². The number of fused-ring (bicyclic) bond motifs is 2. The summed E-state index contributed by atoms with van der Waals surface area (Å²) in [5.74, 6) is 1.07. The third-order valence-electron chi connectivity index (χ3n) is 3.21. The van der Waals surface area contributed by atoms with Gasteiger partial charge in [-0.1, -0.05) is 58.4 Å². The molecule has 1 aromatic heterocycles. The van der Waals surface area contributed by atoms with Gasteiger partial charge in [-0.2, -0.15) is 5.10 Å². The summed E-state index contributed by atoms with van der Waals surface area (Å²) >= 11 is 0. The maximum Gasteiger partial charge on any atom is 0.122 e. The fourth-order valence-electron chi connectivity index (χ4n) is 2.24. The van der Waals surface area contributed by atoms with Crippen molar-refractivity contribution in [3.05, 3.63) is 60.4 Å². The number of benzene rings is 1. The molecule has 2 aliphatic heterocycles. The second-order valence-electron chi connectivity index (χ2n) is 5.54. The minimum Gasteiger partial charge on any atom is -0.493 e. The highest BCUT2D eigenvalue weighted by atomic mass is 16.5. The van der Waals surface area contributed by atoms with Crippen LogP contribution in [-0.4, -0.2) is 22.9 Å². The van der Waals surface area contributed by atoms with E-state index in [1.807, 2.05) is 55.9 Å². The van der Waals surface area contributed by atoms with Crippen molar-refractivity contribution in [3.8, 4) is 5.75 Å². The topological polar surface area (TPSA) is 39.1 Å². The molecule has 2 aliphatic rings. The zero-order valence-electron chi connectivity index (χ0n) is 17.3. The van der Waals surface area contributed by atoms with Crippen LogP contribution < -0.4 is 10.1 Å². The largest absolute Gasteiger partial charge is 0.493 e. The van der Waals surface area contributed by atoms with E-state index in [1.54, 1.807) is 6.08 Å². The normalized spacial score (nSPS) is 12.5. The predicted molar refractivity (Wildman–Crippen MR) is 113 cm³/mol. The molecule has 1 N–H and O–H groups in total. The Bertz CT molecular complexity index is 535. The van der Waals surface area contributed by atoms with E-state index in [0.29, 0.717) is 0 Å². The van der Waals surface area contributed by atoms with Crippen LogP contribution in [0.3, 0.4) is 0 Å². The monoisotopic (exact) mass is 359 g/mol. The minimum atomic E-state index is 0.860. The molecular weight excluding hydrogens is 322 g/mol. The van der Waals surface area contributed by atoms with Crippen molar-refractivity contribution >= 4 is 0 Å². The number of rotatable bonds is 0. The molecule has 0 radical (unpaired) electrons. The number of hydrogen-bond donors (Lipinski definition) is 1. The minimum absolute atomic E-state index is 0.860. The number of allylic oxidation sites excluding steroid dienone is 1. The van der Waals surface area contributed by atoms with Gasteiger partial charge >= 0.3 is 0 Å². The van der Waals surface area contributed by atoms with Crippen molar-refractivity contribution in [2.24, 2.45) is 0 Å². The summed E-state index contributed by atoms with van der Waals surface area (Å²) < 4.78 is 7.34. The number of aromatic nitrogens is 2. The Labute approximate surface area is 160 Å². The first-order valence-corrected chi connectivity index (χ1v) is 9.75. The Morgan fingerprint density at radius 3 is 2.50 bits per heavy atom. The highest BCUT2D eigenvalue weighted by Crippen LogP contribution is 2.23. The van der Waals surface area contributed by atoms with Crippen molar-refractivity contribution in [2.45, 2.75) is 60.5 Å². The van der Waals surface area contributed by atoms with Crippen molar-refractivity contribution in [1.29, 1.82) is 0 Å². The van der Waals surface area contributed by atoms with Crippen LogP contribution in [0.5, 0.6) is 5.75 Å². The summed E-state index contributed by atoms with van der Waals surface area (Å²) in [6.07, 6.45) is 5.93. The predicted octanol–water partition coefficient (Wildman–Crippen LogP) is 5.24. The first-order valence-electron chi connectivity index (χ1n) is 9.75. The second kappa shape index (κ2) is 16.4. The van der Waals surface area contributed by atoms with E-state index in [0.717, 1.165) is 38.4 Å². The molecule has 0 aliphatic carbocycles. The highest BCUT2D eigenvalue weighted by molar-refractivity contribution is 5.35. The molecule has 0 unspecified atom stereocenters. The fraction of sp³-hybridized carbons (Fsp3) is 0.500. The summed E-state index contributed by atoms with van der Waals surface area (Å²) in [5, 5.41) is 7.40. The smallest absolute Gasteiger partial charge is 0.122 e. The lowest BCUT2D eigenvalue weighted by Gasteiger charge is -2.13. The lowest BCUT2D eigenvalue weighted by atomic mass is 10.2. The Kier molecular flexibility index (Phi) is 15.1. The molecule has 0 atom stereocenters. The SMILES string of the molecule is C=CC.CC.CCC.c1cc2n(n1)CCNC2.c1ccc2c(c1)CCO2. The summed E-state index contributed by atoms with van der Waals surface area (Å²) in [7, 11) is 0. The van der Waals surface area contributed by atoms with Gasteiger partial charge < -0.3 is 10.1 Å². The first kappa shape index (κ1) is 23.9. The molecule has 1 aromatic carbocycles. The van der Waals surface area contributed by atoms with Crippen molar-refractivity contribution in [3.63, 3.8) is 0 Å². The van der Waals surface area contributed by atoms with Gasteiger partial charge in [-0.25, -0.2) is 0 Å². The van der Waals surface area contributed by atoms with Crippen molar-refractivity contribution < 1.29 is 4.74 Å². The number of nitrogens with zero attached hydrogens (tertiary/aromatic N) is 2. The van der Waals surface area contributed by atoms with E-state index < -0.39 is 0 Å². The standard InChI is InChI=1S/C8H8O.C6H9N3.C3H8.C3H6.C2H6/c1-2-4-8-7(3-1)5-6-9-8;1-2-8-9-4-3-7-5-6(1)9;2*1-3-2;1-2/h1-4H,5-6H2;1-2,7H,3-5H2;3H2,1-2H3;3H,1H2,2H3;1-2H3. The van der Waals surface area contributed by atoms with Gasteiger partial charge in [0.25, 0.3) is 0 Å². The molecular formula is C22H37N3O. The first-order chi connectivity index (χ1) is 12.8. The maximum absolute atomic E-state index is 5.30. The van der Waals surface area contributed by atoms with Crippen LogP contribution >= 0.6 is 0 Å². The number of para-hydroxylation sites is 1. The molecule has 3 heterocycles. The lowest BCUT2D eigenvalue weighted by molar-refractivity contribution is 0.357. The molecule has 4 rings (SSSR count). The third kappa shape index (κ3) is 9.42.